The molecule has 0 saturated heterocycles. The van der Waals surface area contributed by atoms with Crippen molar-refractivity contribution in [2.75, 3.05) is 36.3 Å². The molecule has 0 aromatic carbocycles. The molecule has 1 unspecified atom stereocenters. The fraction of sp³-hybridized carbons (Fsp3) is 0.692. The van der Waals surface area contributed by atoms with Gasteiger partial charge in [0.15, 0.2) is 0 Å². The van der Waals surface area contributed by atoms with Crippen molar-refractivity contribution in [2.24, 2.45) is 0 Å². The van der Waals surface area contributed by atoms with Crippen molar-refractivity contribution in [3.05, 3.63) is 20.8 Å². The molecule has 0 fully saturated rings. The minimum absolute atomic E-state index is 0.0980. The molecular weight excluding hydrogens is 292 g/mol. The van der Waals surface area contributed by atoms with Gasteiger partial charge >= 0.3 is 5.69 Å². The molecule has 7 nitrogen and oxygen atoms in total. The number of aromatic amines is 1. The first-order chi connectivity index (χ1) is 10.0. The Bertz CT molecular complexity index is 555. The van der Waals surface area contributed by atoms with Gasteiger partial charge in [-0.25, -0.2) is 4.79 Å². The van der Waals surface area contributed by atoms with Gasteiger partial charge in [-0.2, -0.15) is 11.8 Å². The number of nitrogen functional groups attached to an aromatic ring is 1. The van der Waals surface area contributed by atoms with Crippen molar-refractivity contribution in [2.45, 2.75) is 32.9 Å². The third-order valence-corrected chi connectivity index (χ3v) is 3.98. The Hall–Kier alpha value is -1.41. The molecule has 0 aliphatic rings. The van der Waals surface area contributed by atoms with Crippen LogP contribution < -0.4 is 22.3 Å². The number of anilines is 2. The number of hydrogen-bond acceptors (Lipinski definition) is 6. The standard InChI is InChI=1S/C13H24N4O3S/c1-4-21-8-5-9(2)15-10-11(14)17(6-7-20-3)13(19)16-12(10)18/h9,15H,4-8,14H2,1-3H3,(H,16,18,19). The van der Waals surface area contributed by atoms with Gasteiger partial charge in [0.2, 0.25) is 0 Å². The van der Waals surface area contributed by atoms with Crippen LogP contribution in [0.1, 0.15) is 20.3 Å². The predicted molar refractivity (Wildman–Crippen MR) is 88.3 cm³/mol. The van der Waals surface area contributed by atoms with Crippen molar-refractivity contribution in [1.82, 2.24) is 9.55 Å². The van der Waals surface area contributed by atoms with Crippen molar-refractivity contribution in [3.8, 4) is 0 Å². The van der Waals surface area contributed by atoms with Crippen LogP contribution in [0.15, 0.2) is 9.59 Å². The van der Waals surface area contributed by atoms with E-state index in [0.29, 0.717) is 13.2 Å². The molecule has 4 N–H and O–H groups in total. The van der Waals surface area contributed by atoms with Gasteiger partial charge in [-0.15, -0.1) is 0 Å². The summed E-state index contributed by atoms with van der Waals surface area (Å²) in [5.74, 6) is 2.22. The zero-order valence-corrected chi connectivity index (χ0v) is 13.6. The summed E-state index contributed by atoms with van der Waals surface area (Å²) in [5.41, 5.74) is 5.19. The van der Waals surface area contributed by atoms with Crippen molar-refractivity contribution in [1.29, 1.82) is 0 Å². The Morgan fingerprint density at radius 1 is 1.48 bits per heavy atom. The monoisotopic (exact) mass is 316 g/mol. The van der Waals surface area contributed by atoms with Crippen molar-refractivity contribution in [3.63, 3.8) is 0 Å². The van der Waals surface area contributed by atoms with Crippen LogP contribution in [0.4, 0.5) is 11.5 Å². The molecule has 1 rings (SSSR count). The van der Waals surface area contributed by atoms with E-state index >= 15 is 0 Å². The van der Waals surface area contributed by atoms with Gasteiger partial charge in [-0.3, -0.25) is 14.3 Å². The molecule has 0 bridgehead atoms. The predicted octanol–water partition coefficient (Wildman–Crippen LogP) is 0.709. The maximum atomic E-state index is 11.9. The molecule has 8 heteroatoms. The quantitative estimate of drug-likeness (QED) is 0.580. The van der Waals surface area contributed by atoms with Crippen LogP contribution in [-0.2, 0) is 11.3 Å². The van der Waals surface area contributed by atoms with Gasteiger partial charge in [0.25, 0.3) is 5.56 Å². The van der Waals surface area contributed by atoms with Crippen LogP contribution in [0, 0.1) is 0 Å². The van der Waals surface area contributed by atoms with Crippen LogP contribution >= 0.6 is 11.8 Å². The summed E-state index contributed by atoms with van der Waals surface area (Å²) in [6.45, 7) is 4.74. The van der Waals surface area contributed by atoms with Gasteiger partial charge in [0, 0.05) is 13.2 Å². The van der Waals surface area contributed by atoms with E-state index in [1.54, 1.807) is 7.11 Å². The molecule has 0 spiro atoms. The van der Waals surface area contributed by atoms with Crippen LogP contribution in [0.3, 0.4) is 0 Å². The molecule has 1 heterocycles. The van der Waals surface area contributed by atoms with E-state index < -0.39 is 11.2 Å². The largest absolute Gasteiger partial charge is 0.383 e. The van der Waals surface area contributed by atoms with Crippen LogP contribution in [0.2, 0.25) is 0 Å². The Balaban J connectivity index is 2.91. The van der Waals surface area contributed by atoms with Crippen molar-refractivity contribution < 1.29 is 4.74 Å². The minimum Gasteiger partial charge on any atom is -0.383 e. The first kappa shape index (κ1) is 17.6. The third kappa shape index (κ3) is 5.13. The number of H-pyrrole nitrogens is 1. The maximum Gasteiger partial charge on any atom is 0.330 e. The second-order valence-corrected chi connectivity index (χ2v) is 6.09. The average Bonchev–Trinajstić information content (AvgIpc) is 2.43. The van der Waals surface area contributed by atoms with Gasteiger partial charge in [-0.1, -0.05) is 6.92 Å². The summed E-state index contributed by atoms with van der Waals surface area (Å²) in [7, 11) is 1.54. The van der Waals surface area contributed by atoms with E-state index in [-0.39, 0.29) is 17.5 Å². The minimum atomic E-state index is -0.519. The second-order valence-electron chi connectivity index (χ2n) is 4.69. The lowest BCUT2D eigenvalue weighted by molar-refractivity contribution is 0.186. The highest BCUT2D eigenvalue weighted by molar-refractivity contribution is 7.99. The fourth-order valence-corrected chi connectivity index (χ4v) is 2.66. The molecular formula is C13H24N4O3S. The number of thioether (sulfide) groups is 1. The van der Waals surface area contributed by atoms with Crippen LogP contribution in [0.5, 0.6) is 0 Å². The van der Waals surface area contributed by atoms with E-state index in [9.17, 15) is 9.59 Å². The zero-order valence-electron chi connectivity index (χ0n) is 12.8. The van der Waals surface area contributed by atoms with Gasteiger partial charge in [0.05, 0.1) is 13.2 Å². The number of ether oxygens (including phenoxy) is 1. The summed E-state index contributed by atoms with van der Waals surface area (Å²) in [4.78, 5) is 25.9. The molecule has 21 heavy (non-hydrogen) atoms. The first-order valence-corrected chi connectivity index (χ1v) is 8.12. The molecule has 1 atom stereocenters. The van der Waals surface area contributed by atoms with E-state index in [0.717, 1.165) is 17.9 Å². The maximum absolute atomic E-state index is 11.9. The highest BCUT2D eigenvalue weighted by Gasteiger charge is 2.14. The fourth-order valence-electron chi connectivity index (χ4n) is 1.85. The van der Waals surface area contributed by atoms with Gasteiger partial charge < -0.3 is 15.8 Å². The Morgan fingerprint density at radius 2 is 2.19 bits per heavy atom. The van der Waals surface area contributed by atoms with Gasteiger partial charge in [0.1, 0.15) is 11.5 Å². The highest BCUT2D eigenvalue weighted by atomic mass is 32.2. The number of nitrogens with two attached hydrogens (primary N) is 1. The number of nitrogens with one attached hydrogen (secondary N) is 2. The molecule has 0 amide bonds. The topological polar surface area (TPSA) is 102 Å². The second kappa shape index (κ2) is 8.78. The SMILES string of the molecule is CCSCCC(C)Nc1c(N)n(CCOC)c(=O)[nH]c1=O. The lowest BCUT2D eigenvalue weighted by Crippen LogP contribution is -2.36. The molecule has 0 saturated carbocycles. The van der Waals surface area contributed by atoms with Crippen LogP contribution in [-0.4, -0.2) is 40.8 Å². The summed E-state index contributed by atoms with van der Waals surface area (Å²) < 4.78 is 6.25. The van der Waals surface area contributed by atoms with Crippen LogP contribution in [0.25, 0.3) is 0 Å². The molecule has 0 radical (unpaired) electrons. The Morgan fingerprint density at radius 3 is 2.81 bits per heavy atom. The van der Waals surface area contributed by atoms with Crippen molar-refractivity contribution >= 4 is 23.3 Å². The summed E-state index contributed by atoms with van der Waals surface area (Å²) >= 11 is 1.84. The van der Waals surface area contributed by atoms with E-state index in [1.807, 2.05) is 18.7 Å². The summed E-state index contributed by atoms with van der Waals surface area (Å²) in [6.07, 6.45) is 0.911. The smallest absolute Gasteiger partial charge is 0.330 e. The Labute approximate surface area is 128 Å². The molecule has 0 aliphatic heterocycles. The lowest BCUT2D eigenvalue weighted by Gasteiger charge is -2.18. The Kier molecular flexibility index (Phi) is 7.38. The third-order valence-electron chi connectivity index (χ3n) is 3.05. The number of aromatic nitrogens is 2. The zero-order chi connectivity index (χ0) is 15.8. The van der Waals surface area contributed by atoms with E-state index in [4.69, 9.17) is 10.5 Å². The highest BCUT2D eigenvalue weighted by Crippen LogP contribution is 2.13. The number of rotatable bonds is 9. The number of hydrogen-bond donors (Lipinski definition) is 3. The number of methoxy groups -OCH3 is 1. The number of nitrogens with zero attached hydrogens (tertiary/aromatic N) is 1. The average molecular weight is 316 g/mol. The molecule has 1 aromatic rings. The summed E-state index contributed by atoms with van der Waals surface area (Å²) in [6, 6.07) is 0.0980. The molecule has 1 aromatic heterocycles. The van der Waals surface area contributed by atoms with E-state index in [1.165, 1.54) is 4.57 Å². The molecule has 120 valence electrons. The normalized spacial score (nSPS) is 12.3. The molecule has 0 aliphatic carbocycles. The van der Waals surface area contributed by atoms with E-state index in [2.05, 4.69) is 17.2 Å². The van der Waals surface area contributed by atoms with Gasteiger partial charge in [-0.05, 0) is 24.9 Å². The summed E-state index contributed by atoms with van der Waals surface area (Å²) in [5, 5.41) is 3.10. The lowest BCUT2D eigenvalue weighted by atomic mass is 10.2. The first-order valence-electron chi connectivity index (χ1n) is 6.97.